The zero-order chi connectivity index (χ0) is 12.0. The molecule has 1 atom stereocenters. The first kappa shape index (κ1) is 12.8. The first-order chi connectivity index (χ1) is 7.72. The van der Waals surface area contributed by atoms with E-state index in [9.17, 15) is 4.79 Å². The largest absolute Gasteiger partial charge is 0.438 e. The molecule has 1 rings (SSSR count). The van der Waals surface area contributed by atoms with E-state index in [2.05, 4.69) is 25.7 Å². The van der Waals surface area contributed by atoms with Gasteiger partial charge in [0, 0.05) is 18.7 Å². The summed E-state index contributed by atoms with van der Waals surface area (Å²) in [7, 11) is 0. The lowest BCUT2D eigenvalue weighted by Crippen LogP contribution is -2.33. The van der Waals surface area contributed by atoms with Crippen LogP contribution in [0.3, 0.4) is 0 Å². The highest BCUT2D eigenvalue weighted by atomic mass is 16.4. The van der Waals surface area contributed by atoms with E-state index in [1.165, 1.54) is 0 Å². The molecule has 1 heterocycles. The number of hydrogen-bond acceptors (Lipinski definition) is 3. The van der Waals surface area contributed by atoms with Gasteiger partial charge in [0.1, 0.15) is 0 Å². The van der Waals surface area contributed by atoms with Gasteiger partial charge in [-0.3, -0.25) is 4.79 Å². The lowest BCUT2D eigenvalue weighted by Gasteiger charge is -2.28. The van der Waals surface area contributed by atoms with Crippen molar-refractivity contribution >= 4 is 12.2 Å². The fourth-order valence-corrected chi connectivity index (χ4v) is 1.66. The van der Waals surface area contributed by atoms with Gasteiger partial charge in [0.2, 0.25) is 0 Å². The van der Waals surface area contributed by atoms with Crippen molar-refractivity contribution < 1.29 is 9.21 Å². The summed E-state index contributed by atoms with van der Waals surface area (Å²) in [6.45, 7) is 7.50. The number of hydrogen-bond donors (Lipinski definition) is 0. The predicted molar refractivity (Wildman–Crippen MR) is 66.1 cm³/mol. The quantitative estimate of drug-likeness (QED) is 0.663. The van der Waals surface area contributed by atoms with Crippen molar-refractivity contribution in [2.45, 2.75) is 46.1 Å². The number of nitrogens with zero attached hydrogens (tertiary/aromatic N) is 1. The van der Waals surface area contributed by atoms with Crippen LogP contribution in [-0.4, -0.2) is 18.9 Å². The van der Waals surface area contributed by atoms with Crippen LogP contribution in [0.15, 0.2) is 16.5 Å². The monoisotopic (exact) mass is 223 g/mol. The Morgan fingerprint density at radius 3 is 2.69 bits per heavy atom. The minimum Gasteiger partial charge on any atom is -0.438 e. The van der Waals surface area contributed by atoms with Crippen molar-refractivity contribution in [3.05, 3.63) is 17.9 Å². The van der Waals surface area contributed by atoms with Crippen molar-refractivity contribution in [1.82, 2.24) is 0 Å². The molecule has 1 aromatic heterocycles. The molecule has 0 bridgehead atoms. The van der Waals surface area contributed by atoms with Crippen molar-refractivity contribution in [3.63, 3.8) is 0 Å². The van der Waals surface area contributed by atoms with Crippen LogP contribution in [0, 0.1) is 0 Å². The fraction of sp³-hybridized carbons (Fsp3) is 0.615. The summed E-state index contributed by atoms with van der Waals surface area (Å²) < 4.78 is 5.47. The number of carbonyl (C=O) groups excluding carboxylic acids is 1. The Bertz CT molecular complexity index is 319. The third-order valence-corrected chi connectivity index (χ3v) is 2.89. The highest BCUT2D eigenvalue weighted by molar-refractivity contribution is 5.71. The van der Waals surface area contributed by atoms with Crippen LogP contribution in [0.1, 0.15) is 50.6 Å². The Morgan fingerprint density at radius 1 is 1.44 bits per heavy atom. The summed E-state index contributed by atoms with van der Waals surface area (Å²) in [5.41, 5.74) is 0. The van der Waals surface area contributed by atoms with Crippen LogP contribution in [0.25, 0.3) is 0 Å². The second-order valence-corrected chi connectivity index (χ2v) is 4.10. The minimum absolute atomic E-state index is 0.403. The van der Waals surface area contributed by atoms with E-state index in [-0.39, 0.29) is 0 Å². The summed E-state index contributed by atoms with van der Waals surface area (Å²) in [4.78, 5) is 12.8. The molecule has 0 aliphatic rings. The SMILES string of the molecule is CCCCN(c1ccc(C=O)o1)C(C)CC. The van der Waals surface area contributed by atoms with Crippen LogP contribution in [0.5, 0.6) is 0 Å². The first-order valence-electron chi connectivity index (χ1n) is 6.04. The lowest BCUT2D eigenvalue weighted by molar-refractivity contribution is 0.110. The topological polar surface area (TPSA) is 33.5 Å². The molecule has 0 aromatic carbocycles. The average Bonchev–Trinajstić information content (AvgIpc) is 2.77. The van der Waals surface area contributed by atoms with Gasteiger partial charge in [-0.1, -0.05) is 20.3 Å². The molecule has 0 saturated carbocycles. The number of aldehydes is 1. The summed E-state index contributed by atoms with van der Waals surface area (Å²) in [5, 5.41) is 0. The van der Waals surface area contributed by atoms with Crippen LogP contribution in [0.4, 0.5) is 5.88 Å². The molecule has 0 spiro atoms. The van der Waals surface area contributed by atoms with Gasteiger partial charge in [-0.25, -0.2) is 0 Å². The zero-order valence-electron chi connectivity index (χ0n) is 10.4. The van der Waals surface area contributed by atoms with Crippen molar-refractivity contribution in [2.75, 3.05) is 11.4 Å². The van der Waals surface area contributed by atoms with Crippen LogP contribution < -0.4 is 4.90 Å². The Kier molecular flexibility index (Phi) is 5.09. The average molecular weight is 223 g/mol. The number of unbranched alkanes of at least 4 members (excludes halogenated alkanes) is 1. The first-order valence-corrected chi connectivity index (χ1v) is 6.04. The van der Waals surface area contributed by atoms with Gasteiger partial charge in [-0.05, 0) is 25.8 Å². The van der Waals surface area contributed by atoms with Crippen molar-refractivity contribution in [1.29, 1.82) is 0 Å². The maximum atomic E-state index is 10.6. The summed E-state index contributed by atoms with van der Waals surface area (Å²) in [5.74, 6) is 1.21. The Morgan fingerprint density at radius 2 is 2.19 bits per heavy atom. The molecular formula is C13H21NO2. The van der Waals surface area contributed by atoms with Crippen LogP contribution >= 0.6 is 0 Å². The molecular weight excluding hydrogens is 202 g/mol. The minimum atomic E-state index is 0.403. The molecule has 16 heavy (non-hydrogen) atoms. The third kappa shape index (κ3) is 3.12. The standard InChI is InChI=1S/C13H21NO2/c1-4-6-9-14(11(3)5-2)13-8-7-12(10-15)16-13/h7-8,10-11H,4-6,9H2,1-3H3. The van der Waals surface area contributed by atoms with E-state index in [4.69, 9.17) is 4.42 Å². The third-order valence-electron chi connectivity index (χ3n) is 2.89. The van der Waals surface area contributed by atoms with Gasteiger partial charge in [-0.15, -0.1) is 0 Å². The Hall–Kier alpha value is -1.25. The maximum Gasteiger partial charge on any atom is 0.196 e. The lowest BCUT2D eigenvalue weighted by atomic mass is 10.2. The molecule has 0 N–H and O–H groups in total. The van der Waals surface area contributed by atoms with Gasteiger partial charge in [0.15, 0.2) is 17.9 Å². The Labute approximate surface area is 97.4 Å². The zero-order valence-corrected chi connectivity index (χ0v) is 10.4. The van der Waals surface area contributed by atoms with Gasteiger partial charge < -0.3 is 9.32 Å². The molecule has 90 valence electrons. The molecule has 1 unspecified atom stereocenters. The fourth-order valence-electron chi connectivity index (χ4n) is 1.66. The van der Waals surface area contributed by atoms with Crippen LogP contribution in [0.2, 0.25) is 0 Å². The smallest absolute Gasteiger partial charge is 0.196 e. The Balaban J connectivity index is 2.77. The molecule has 3 heteroatoms. The predicted octanol–water partition coefficient (Wildman–Crippen LogP) is 3.50. The second kappa shape index (κ2) is 6.36. The van der Waals surface area contributed by atoms with E-state index in [0.717, 1.165) is 38.0 Å². The second-order valence-electron chi connectivity index (χ2n) is 4.10. The molecule has 3 nitrogen and oxygen atoms in total. The normalized spacial score (nSPS) is 12.4. The van der Waals surface area contributed by atoms with Gasteiger partial charge >= 0.3 is 0 Å². The summed E-state index contributed by atoms with van der Waals surface area (Å²) in [6.07, 6.45) is 4.12. The molecule has 0 aliphatic carbocycles. The van der Waals surface area contributed by atoms with E-state index in [0.29, 0.717) is 11.8 Å². The van der Waals surface area contributed by atoms with Gasteiger partial charge in [-0.2, -0.15) is 0 Å². The molecule has 0 saturated heterocycles. The van der Waals surface area contributed by atoms with Crippen molar-refractivity contribution in [2.24, 2.45) is 0 Å². The van der Waals surface area contributed by atoms with E-state index in [1.54, 1.807) is 6.07 Å². The van der Waals surface area contributed by atoms with E-state index < -0.39 is 0 Å². The molecule has 0 radical (unpaired) electrons. The molecule has 1 aromatic rings. The number of carbonyl (C=O) groups is 1. The summed E-state index contributed by atoms with van der Waals surface area (Å²) in [6, 6.07) is 4.05. The number of furan rings is 1. The van der Waals surface area contributed by atoms with E-state index in [1.807, 2.05) is 6.07 Å². The number of rotatable bonds is 7. The van der Waals surface area contributed by atoms with Gasteiger partial charge in [0.05, 0.1) is 0 Å². The summed E-state index contributed by atoms with van der Waals surface area (Å²) >= 11 is 0. The highest BCUT2D eigenvalue weighted by Crippen LogP contribution is 2.21. The molecule has 0 fully saturated rings. The van der Waals surface area contributed by atoms with E-state index >= 15 is 0 Å². The van der Waals surface area contributed by atoms with Gasteiger partial charge in [0.25, 0.3) is 0 Å². The van der Waals surface area contributed by atoms with Crippen molar-refractivity contribution in [3.8, 4) is 0 Å². The van der Waals surface area contributed by atoms with Crippen LogP contribution in [-0.2, 0) is 0 Å². The molecule has 0 amide bonds. The number of anilines is 1. The molecule has 0 aliphatic heterocycles. The maximum absolute atomic E-state index is 10.6. The highest BCUT2D eigenvalue weighted by Gasteiger charge is 2.15.